The van der Waals surface area contributed by atoms with E-state index in [-0.39, 0.29) is 276 Å². The molecule has 0 saturated carbocycles. The molecule has 3 aromatic heterocycles. The lowest BCUT2D eigenvalue weighted by molar-refractivity contribution is -0.164. The molecule has 32 heteroatoms. The van der Waals surface area contributed by atoms with Crippen LogP contribution in [0.3, 0.4) is 0 Å². The zero-order chi connectivity index (χ0) is 104. The van der Waals surface area contributed by atoms with Gasteiger partial charge in [-0.3, -0.25) is 76.7 Å². The average Bonchev–Trinajstić information content (AvgIpc) is 1.38. The van der Waals surface area contributed by atoms with Crippen LogP contribution in [0, 0.1) is 0 Å². The van der Waals surface area contributed by atoms with E-state index in [0.29, 0.717) is 0 Å². The van der Waals surface area contributed by atoms with E-state index < -0.39 is 116 Å². The Balaban J connectivity index is 0.886. The highest BCUT2D eigenvalue weighted by atomic mass is 16.6. The third-order valence-electron chi connectivity index (χ3n) is 27.6. The van der Waals surface area contributed by atoms with Gasteiger partial charge in [0.05, 0.1) is 52.9 Å². The molecule has 21 rings (SSSR count). The summed E-state index contributed by atoms with van der Waals surface area (Å²) in [5, 5.41) is 0.239. The van der Waals surface area contributed by atoms with Gasteiger partial charge in [0.1, 0.15) is 22.6 Å². The van der Waals surface area contributed by atoms with Crippen LogP contribution in [0.25, 0.3) is 89.7 Å². The fraction of sp³-hybridized carbons (Fsp3) is 0.172. The Morgan fingerprint density at radius 3 is 0.561 bits per heavy atom. The molecule has 0 spiro atoms. The quantitative estimate of drug-likeness (QED) is 0.0322. The number of hydrogen-bond acceptors (Lipinski definition) is 30. The molecule has 0 radical (unpaired) electrons. The predicted molar refractivity (Wildman–Crippen MR) is 531 cm³/mol. The SMILES string of the molecule is CCOC(=O)C(C(=O)OCC)(c1ccc2c(c1)C(=O)c1ccccc1C2=O)c1ccc2c(c1)-c1nc-2nc2[nH]c(nc3nc(nc4[nH]c(n1)c1ccc(C(C(=O)OCC)(C(=O)OCC)c5ccc6c(c5)C(=O)c5ccccc5C6=O)cc41)-c1ccc(C(C(=O)OCC)(C(=O)OCC)c4ccc5c(c4)C(=O)c4ccccc4C5=O)cc1-3)c1ccc(C(C(=O)OCC)(C(=O)OCC)c3ccc4c(c3)C(=O)c3ccccc3C4=O)cc21. The zero-order valence-corrected chi connectivity index (χ0v) is 80.2. The van der Waals surface area contributed by atoms with Gasteiger partial charge >= 0.3 is 47.8 Å². The lowest BCUT2D eigenvalue weighted by Crippen LogP contribution is -2.47. The summed E-state index contributed by atoms with van der Waals surface area (Å²) < 4.78 is 47.6. The number of esters is 8. The zero-order valence-electron chi connectivity index (χ0n) is 80.2. The fourth-order valence-corrected chi connectivity index (χ4v) is 20.9. The molecule has 8 bridgehead atoms. The van der Waals surface area contributed by atoms with Crippen LogP contribution in [0.15, 0.2) is 243 Å². The van der Waals surface area contributed by atoms with E-state index in [1.807, 2.05) is 0 Å². The van der Waals surface area contributed by atoms with Gasteiger partial charge in [-0.05, 0) is 173 Å². The second kappa shape index (κ2) is 36.8. The summed E-state index contributed by atoms with van der Waals surface area (Å²) >= 11 is 0. The lowest BCUT2D eigenvalue weighted by atomic mass is 9.71. The van der Waals surface area contributed by atoms with Crippen molar-refractivity contribution in [1.29, 1.82) is 0 Å². The molecule has 2 aliphatic heterocycles. The minimum absolute atomic E-state index is 0.0133. The van der Waals surface area contributed by atoms with Crippen molar-refractivity contribution >= 4 is 138 Å². The Labute approximate surface area is 839 Å². The van der Waals surface area contributed by atoms with Crippen LogP contribution in [-0.2, 0) is 97.9 Å². The highest BCUT2D eigenvalue weighted by Gasteiger charge is 2.59. The van der Waals surface area contributed by atoms with Crippen LogP contribution in [0.5, 0.6) is 0 Å². The van der Waals surface area contributed by atoms with Crippen molar-refractivity contribution < 1.29 is 115 Å². The second-order valence-electron chi connectivity index (χ2n) is 35.3. The summed E-state index contributed by atoms with van der Waals surface area (Å²) in [7, 11) is 0. The normalized spacial score (nSPS) is 13.1. The van der Waals surface area contributed by atoms with Crippen molar-refractivity contribution in [2.75, 3.05) is 52.9 Å². The summed E-state index contributed by atoms with van der Waals surface area (Å²) in [6.07, 6.45) is 0. The maximum absolute atomic E-state index is 15.8. The third-order valence-corrected chi connectivity index (χ3v) is 27.6. The number of aromatic amines is 2. The van der Waals surface area contributed by atoms with Gasteiger partial charge in [0, 0.05) is 133 Å². The number of rotatable bonds is 24. The van der Waals surface area contributed by atoms with E-state index in [2.05, 4.69) is 9.97 Å². The van der Waals surface area contributed by atoms with Gasteiger partial charge in [0.25, 0.3) is 0 Å². The van der Waals surface area contributed by atoms with Crippen molar-refractivity contribution in [2.24, 2.45) is 0 Å². The van der Waals surface area contributed by atoms with Gasteiger partial charge in [-0.1, -0.05) is 170 Å². The number of fused-ring (bicyclic) bond motifs is 28. The van der Waals surface area contributed by atoms with E-state index in [1.54, 1.807) is 48.5 Å². The summed E-state index contributed by atoms with van der Waals surface area (Å²) in [6, 6.07) is 57.7. The Bertz CT molecular complexity index is 8190. The van der Waals surface area contributed by atoms with Crippen LogP contribution in [0.1, 0.15) is 227 Å². The lowest BCUT2D eigenvalue weighted by Gasteiger charge is -2.31. The Kier molecular flexibility index (Phi) is 23.7. The first kappa shape index (κ1) is 95.3. The van der Waals surface area contributed by atoms with E-state index in [1.165, 1.54) is 250 Å². The number of H-pyrrole nitrogens is 2. The molecule has 12 aromatic carbocycles. The maximum atomic E-state index is 15.8. The monoisotopic (exact) mass is 1970 g/mol. The highest BCUT2D eigenvalue weighted by Crippen LogP contribution is 2.50. The largest absolute Gasteiger partial charge is 0.465 e. The number of ketones is 8. The molecule has 0 fully saturated rings. The van der Waals surface area contributed by atoms with E-state index in [0.717, 1.165) is 0 Å². The van der Waals surface area contributed by atoms with Crippen LogP contribution in [-0.4, -0.2) is 187 Å². The molecule has 6 aliphatic rings. The molecule has 730 valence electrons. The summed E-state index contributed by atoms with van der Waals surface area (Å²) in [4.78, 5) is 283. The van der Waals surface area contributed by atoms with Crippen molar-refractivity contribution in [2.45, 2.75) is 77.0 Å². The van der Waals surface area contributed by atoms with Crippen molar-refractivity contribution in [1.82, 2.24) is 39.9 Å². The van der Waals surface area contributed by atoms with Gasteiger partial charge in [0.15, 0.2) is 69.6 Å². The summed E-state index contributed by atoms with van der Waals surface area (Å²) in [6.45, 7) is 9.47. The first-order valence-corrected chi connectivity index (χ1v) is 47.8. The first-order chi connectivity index (χ1) is 71.6. The highest BCUT2D eigenvalue weighted by molar-refractivity contribution is 6.33. The number of nitrogens with zero attached hydrogens (tertiary/aromatic N) is 6. The van der Waals surface area contributed by atoms with E-state index in [4.69, 9.17) is 67.8 Å². The number of carbonyl (C=O) groups excluding carboxylic acids is 16. The second-order valence-corrected chi connectivity index (χ2v) is 35.3. The number of hydrogen-bond donors (Lipinski definition) is 2. The summed E-state index contributed by atoms with van der Waals surface area (Å²) in [5.41, 5.74) is -13.1. The Morgan fingerprint density at radius 2 is 0.351 bits per heavy atom. The fourth-order valence-electron chi connectivity index (χ4n) is 20.9. The van der Waals surface area contributed by atoms with E-state index in [9.17, 15) is 38.4 Å². The topological polar surface area (TPSA) is 456 Å². The van der Waals surface area contributed by atoms with Gasteiger partial charge < -0.3 is 47.9 Å². The van der Waals surface area contributed by atoms with Crippen LogP contribution in [0.4, 0.5) is 0 Å². The van der Waals surface area contributed by atoms with E-state index >= 15 is 38.4 Å². The smallest absolute Gasteiger partial charge is 0.332 e. The van der Waals surface area contributed by atoms with Crippen molar-refractivity contribution in [3.63, 3.8) is 0 Å². The van der Waals surface area contributed by atoms with Gasteiger partial charge in [-0.2, -0.15) is 0 Å². The molecular formula is C116H82N8O24. The third kappa shape index (κ3) is 14.2. The molecule has 2 N–H and O–H groups in total. The first-order valence-electron chi connectivity index (χ1n) is 47.8. The number of benzene rings is 12. The van der Waals surface area contributed by atoms with Gasteiger partial charge in [-0.15, -0.1) is 0 Å². The molecule has 148 heavy (non-hydrogen) atoms. The van der Waals surface area contributed by atoms with Crippen molar-refractivity contribution in [3.05, 3.63) is 376 Å². The van der Waals surface area contributed by atoms with Gasteiger partial charge in [0.2, 0.25) is 21.7 Å². The number of ether oxygens (including phenoxy) is 8. The minimum atomic E-state index is -2.71. The maximum Gasteiger partial charge on any atom is 0.332 e. The molecule has 5 heterocycles. The predicted octanol–water partition coefficient (Wildman–Crippen LogP) is 15.6. The number of aromatic nitrogens is 8. The summed E-state index contributed by atoms with van der Waals surface area (Å²) in [5.74, 6) is -15.2. The van der Waals surface area contributed by atoms with Crippen LogP contribution < -0.4 is 0 Å². The molecule has 0 saturated heterocycles. The molecule has 0 unspecified atom stereocenters. The number of nitrogens with one attached hydrogen (secondary N) is 2. The van der Waals surface area contributed by atoms with Crippen molar-refractivity contribution in [3.8, 4) is 45.6 Å². The molecule has 15 aromatic rings. The molecule has 0 amide bonds. The molecule has 4 aliphatic carbocycles. The molecule has 32 nitrogen and oxygen atoms in total. The average molecular weight is 1970 g/mol. The Hall–Kier alpha value is -18.9. The van der Waals surface area contributed by atoms with Gasteiger partial charge in [-0.25, -0.2) is 29.9 Å². The van der Waals surface area contributed by atoms with Crippen LogP contribution >= 0.6 is 0 Å². The molecule has 0 atom stereocenters. The number of carbonyl (C=O) groups is 16. The standard InChI is InChI=1S/C116H82N8O24/c1-9-141-105(133)113(106(134)142-10-2,57-33-41-73-81(49-57)93(129)69-29-21-17-25-65(69)89(73)125)61-37-45-77-85(53-61)101-117-97(77)122-102-87-55-63(115(109(137)145-13-5,110(138)146-14-6)59-35-43-75-83(51-59)95(131)71-31-23-19-27-67(71)91(75)127)39-47-79(87)99(119-102)124-104-88-56-64(116(111(139)147-15-7,112(140)148-16-8)60-36-44-76-84(52-60)96(132)72-32-24-20-28-68(72)92(76)128)40-48-80(88)100(120-104)123-103-86-54-62(38-46-78(86)98(118-103)121-101)114(107(135)143-11-3,108(136)144-12-4)58-34-42-74-82(50-58)94(130)70-30-22-18-26-66(70)90(74)126/h17-56H,9-16H2,1-8H3,(H2,117,118,119,120,121,122,123,124). The molecular weight excluding hydrogens is 1890 g/mol. The Morgan fingerprint density at radius 1 is 0.189 bits per heavy atom. The van der Waals surface area contributed by atoms with Crippen LogP contribution in [0.2, 0.25) is 0 Å². The minimum Gasteiger partial charge on any atom is -0.465 e.